The molecule has 1 aliphatic carbocycles. The van der Waals surface area contributed by atoms with Crippen molar-refractivity contribution in [1.29, 1.82) is 0 Å². The zero-order valence-electron chi connectivity index (χ0n) is 10.4. The van der Waals surface area contributed by atoms with Gasteiger partial charge in [0.2, 0.25) is 0 Å². The molecule has 2 N–H and O–H groups in total. The Hall–Kier alpha value is -0.640. The van der Waals surface area contributed by atoms with Gasteiger partial charge in [0.05, 0.1) is 17.7 Å². The Morgan fingerprint density at radius 1 is 1.33 bits per heavy atom. The van der Waals surface area contributed by atoms with E-state index in [1.165, 1.54) is 12.8 Å². The van der Waals surface area contributed by atoms with Crippen molar-refractivity contribution in [3.63, 3.8) is 0 Å². The van der Waals surface area contributed by atoms with Gasteiger partial charge in [-0.3, -0.25) is 0 Å². The van der Waals surface area contributed by atoms with Gasteiger partial charge < -0.3 is 10.5 Å². The minimum Gasteiger partial charge on any atom is -0.373 e. The van der Waals surface area contributed by atoms with E-state index in [0.29, 0.717) is 18.0 Å². The van der Waals surface area contributed by atoms with E-state index in [1.807, 2.05) is 0 Å². The molecular formula is C14H19ClFNO. The van der Waals surface area contributed by atoms with Crippen molar-refractivity contribution in [3.8, 4) is 0 Å². The van der Waals surface area contributed by atoms with E-state index in [4.69, 9.17) is 22.1 Å². The van der Waals surface area contributed by atoms with Crippen LogP contribution in [0.5, 0.6) is 0 Å². The van der Waals surface area contributed by atoms with E-state index in [-0.39, 0.29) is 23.6 Å². The molecule has 0 amide bonds. The Bertz CT molecular complexity index is 399. The molecule has 1 aromatic rings. The monoisotopic (exact) mass is 271 g/mol. The zero-order chi connectivity index (χ0) is 13.0. The van der Waals surface area contributed by atoms with Crippen LogP contribution in [0, 0.1) is 11.7 Å². The summed E-state index contributed by atoms with van der Waals surface area (Å²) in [6, 6.07) is 5.00. The Morgan fingerprint density at radius 3 is 2.89 bits per heavy atom. The third-order valence-corrected chi connectivity index (χ3v) is 3.92. The normalized spacial score (nSPS) is 24.2. The predicted molar refractivity (Wildman–Crippen MR) is 71.0 cm³/mol. The van der Waals surface area contributed by atoms with Gasteiger partial charge in [-0.05, 0) is 31.4 Å². The SMILES string of the molecule is NCC1CCCCC1OCc1cccc(Cl)c1F. The van der Waals surface area contributed by atoms with Crippen LogP contribution in [0.25, 0.3) is 0 Å². The highest BCUT2D eigenvalue weighted by molar-refractivity contribution is 6.30. The molecule has 0 spiro atoms. The molecule has 18 heavy (non-hydrogen) atoms. The van der Waals surface area contributed by atoms with Gasteiger partial charge in [0.25, 0.3) is 0 Å². The molecular weight excluding hydrogens is 253 g/mol. The minimum absolute atomic E-state index is 0.148. The maximum Gasteiger partial charge on any atom is 0.147 e. The van der Waals surface area contributed by atoms with Crippen molar-refractivity contribution < 1.29 is 9.13 Å². The molecule has 0 aromatic heterocycles. The van der Waals surface area contributed by atoms with Crippen molar-refractivity contribution >= 4 is 11.6 Å². The summed E-state index contributed by atoms with van der Waals surface area (Å²) >= 11 is 5.74. The maximum atomic E-state index is 13.7. The highest BCUT2D eigenvalue weighted by atomic mass is 35.5. The standard InChI is InChI=1S/C14H19ClFNO/c15-12-6-3-5-11(14(12)16)9-18-13-7-2-1-4-10(13)8-17/h3,5-6,10,13H,1-2,4,7-9,17H2. The second-order valence-corrected chi connectivity index (χ2v) is 5.25. The lowest BCUT2D eigenvalue weighted by molar-refractivity contribution is -0.0192. The van der Waals surface area contributed by atoms with Gasteiger partial charge in [0.1, 0.15) is 5.82 Å². The molecule has 2 nitrogen and oxygen atoms in total. The molecule has 100 valence electrons. The first kappa shape index (κ1) is 13.8. The van der Waals surface area contributed by atoms with Gasteiger partial charge in [-0.1, -0.05) is 36.6 Å². The average Bonchev–Trinajstić information content (AvgIpc) is 2.41. The van der Waals surface area contributed by atoms with Crippen molar-refractivity contribution in [2.45, 2.75) is 38.4 Å². The number of hydrogen-bond donors (Lipinski definition) is 1. The summed E-state index contributed by atoms with van der Waals surface area (Å²) in [7, 11) is 0. The van der Waals surface area contributed by atoms with Gasteiger partial charge in [0.15, 0.2) is 0 Å². The summed E-state index contributed by atoms with van der Waals surface area (Å²) in [5, 5.41) is 0.148. The summed E-state index contributed by atoms with van der Waals surface area (Å²) in [4.78, 5) is 0. The predicted octanol–water partition coefficient (Wildman–Crippen LogP) is 3.51. The quantitative estimate of drug-likeness (QED) is 0.909. The smallest absolute Gasteiger partial charge is 0.147 e. The summed E-state index contributed by atoms with van der Waals surface area (Å²) in [5.74, 6) is 0.0280. The van der Waals surface area contributed by atoms with Crippen LogP contribution in [0.15, 0.2) is 18.2 Å². The molecule has 1 fully saturated rings. The van der Waals surface area contributed by atoms with E-state index in [1.54, 1.807) is 18.2 Å². The number of hydrogen-bond acceptors (Lipinski definition) is 2. The van der Waals surface area contributed by atoms with E-state index in [2.05, 4.69) is 0 Å². The van der Waals surface area contributed by atoms with Crippen LogP contribution in [-0.2, 0) is 11.3 Å². The van der Waals surface area contributed by atoms with E-state index >= 15 is 0 Å². The van der Waals surface area contributed by atoms with E-state index in [9.17, 15) is 4.39 Å². The molecule has 2 atom stereocenters. The Labute approximate surface area is 112 Å². The van der Waals surface area contributed by atoms with Crippen LogP contribution in [0.4, 0.5) is 4.39 Å². The second-order valence-electron chi connectivity index (χ2n) is 4.84. The van der Waals surface area contributed by atoms with Gasteiger partial charge >= 0.3 is 0 Å². The van der Waals surface area contributed by atoms with E-state index in [0.717, 1.165) is 12.8 Å². The van der Waals surface area contributed by atoms with Gasteiger partial charge in [-0.2, -0.15) is 0 Å². The van der Waals surface area contributed by atoms with E-state index < -0.39 is 0 Å². The molecule has 2 unspecified atom stereocenters. The van der Waals surface area contributed by atoms with Crippen LogP contribution in [-0.4, -0.2) is 12.6 Å². The van der Waals surface area contributed by atoms with Crippen molar-refractivity contribution in [2.24, 2.45) is 11.7 Å². The molecule has 1 aromatic carbocycles. The summed E-state index contributed by atoms with van der Waals surface area (Å²) < 4.78 is 19.5. The third kappa shape index (κ3) is 3.22. The minimum atomic E-state index is -0.376. The van der Waals surface area contributed by atoms with Crippen LogP contribution in [0.2, 0.25) is 5.02 Å². The lowest BCUT2D eigenvalue weighted by Gasteiger charge is -2.30. The summed E-state index contributed by atoms with van der Waals surface area (Å²) in [6.45, 7) is 0.913. The first-order valence-corrected chi connectivity index (χ1v) is 6.84. The fraction of sp³-hybridized carbons (Fsp3) is 0.571. The molecule has 4 heteroatoms. The van der Waals surface area contributed by atoms with Gasteiger partial charge in [0, 0.05) is 5.56 Å². The molecule has 0 heterocycles. The molecule has 1 aliphatic rings. The summed E-state index contributed by atoms with van der Waals surface area (Å²) in [6.07, 6.45) is 4.66. The molecule has 0 saturated heterocycles. The Balaban J connectivity index is 1.96. The molecule has 0 aliphatic heterocycles. The lowest BCUT2D eigenvalue weighted by atomic mass is 9.86. The lowest BCUT2D eigenvalue weighted by Crippen LogP contribution is -2.33. The number of benzene rings is 1. The number of halogens is 2. The van der Waals surface area contributed by atoms with Crippen LogP contribution in [0.1, 0.15) is 31.2 Å². The zero-order valence-corrected chi connectivity index (χ0v) is 11.1. The first-order valence-electron chi connectivity index (χ1n) is 6.47. The highest BCUT2D eigenvalue weighted by Crippen LogP contribution is 2.27. The van der Waals surface area contributed by atoms with Crippen molar-refractivity contribution in [1.82, 2.24) is 0 Å². The Morgan fingerprint density at radius 2 is 2.11 bits per heavy atom. The first-order chi connectivity index (χ1) is 8.72. The largest absolute Gasteiger partial charge is 0.373 e. The second kappa shape index (κ2) is 6.50. The molecule has 2 rings (SSSR count). The van der Waals surface area contributed by atoms with Crippen LogP contribution in [0.3, 0.4) is 0 Å². The summed E-state index contributed by atoms with van der Waals surface area (Å²) in [5.41, 5.74) is 6.26. The van der Waals surface area contributed by atoms with Gasteiger partial charge in [-0.25, -0.2) is 4.39 Å². The fourth-order valence-corrected chi connectivity index (χ4v) is 2.71. The number of rotatable bonds is 4. The molecule has 0 bridgehead atoms. The maximum absolute atomic E-state index is 13.7. The molecule has 0 radical (unpaired) electrons. The number of ether oxygens (including phenoxy) is 1. The van der Waals surface area contributed by atoms with Crippen molar-refractivity contribution in [2.75, 3.05) is 6.54 Å². The van der Waals surface area contributed by atoms with Crippen molar-refractivity contribution in [3.05, 3.63) is 34.6 Å². The number of nitrogens with two attached hydrogens (primary N) is 1. The topological polar surface area (TPSA) is 35.2 Å². The highest BCUT2D eigenvalue weighted by Gasteiger charge is 2.24. The Kier molecular flexibility index (Phi) is 4.98. The van der Waals surface area contributed by atoms with Gasteiger partial charge in [-0.15, -0.1) is 0 Å². The van der Waals surface area contributed by atoms with Crippen LogP contribution >= 0.6 is 11.6 Å². The average molecular weight is 272 g/mol. The molecule has 1 saturated carbocycles. The fourth-order valence-electron chi connectivity index (χ4n) is 2.52. The third-order valence-electron chi connectivity index (χ3n) is 3.63. The van der Waals surface area contributed by atoms with Crippen LogP contribution < -0.4 is 5.73 Å².